The van der Waals surface area contributed by atoms with E-state index in [1.54, 1.807) is 6.07 Å². The van der Waals surface area contributed by atoms with Crippen molar-refractivity contribution in [3.05, 3.63) is 65.5 Å². The van der Waals surface area contributed by atoms with Gasteiger partial charge in [-0.1, -0.05) is 30.3 Å². The van der Waals surface area contributed by atoms with Gasteiger partial charge in [-0.05, 0) is 48.6 Å². The molecular formula is C18H21FN2. The summed E-state index contributed by atoms with van der Waals surface area (Å²) in [4.78, 5) is 2.40. The zero-order chi connectivity index (χ0) is 14.7. The topological polar surface area (TPSA) is 29.3 Å². The Morgan fingerprint density at radius 1 is 1.14 bits per heavy atom. The molecule has 2 aromatic carbocycles. The first-order valence-electron chi connectivity index (χ1n) is 7.58. The van der Waals surface area contributed by atoms with Crippen LogP contribution in [-0.2, 0) is 6.42 Å². The van der Waals surface area contributed by atoms with Crippen LogP contribution in [0.3, 0.4) is 0 Å². The minimum absolute atomic E-state index is 0.116. The van der Waals surface area contributed by atoms with Crippen LogP contribution in [0.1, 0.15) is 30.0 Å². The number of aryl methyl sites for hydroxylation is 1. The van der Waals surface area contributed by atoms with Gasteiger partial charge < -0.3 is 10.6 Å². The molecule has 0 fully saturated rings. The van der Waals surface area contributed by atoms with Crippen molar-refractivity contribution in [2.75, 3.05) is 18.0 Å². The van der Waals surface area contributed by atoms with Crippen molar-refractivity contribution in [2.45, 2.75) is 25.3 Å². The van der Waals surface area contributed by atoms with E-state index in [9.17, 15) is 4.39 Å². The standard InChI is InChI=1S/C18H21FN2/c19-16-8-3-6-15(13-16)17(20)10-12-21-11-4-7-14-5-1-2-9-18(14)21/h1-3,5-6,8-9,13,17H,4,7,10-12,20H2. The molecule has 0 saturated carbocycles. The molecule has 3 rings (SSSR count). The van der Waals surface area contributed by atoms with Gasteiger partial charge in [-0.2, -0.15) is 0 Å². The first kappa shape index (κ1) is 14.1. The van der Waals surface area contributed by atoms with Crippen molar-refractivity contribution in [3.8, 4) is 0 Å². The third kappa shape index (κ3) is 3.24. The third-order valence-electron chi connectivity index (χ3n) is 4.19. The summed E-state index contributed by atoms with van der Waals surface area (Å²) in [5.41, 5.74) is 9.83. The molecule has 1 unspecified atom stereocenters. The number of nitrogens with zero attached hydrogens (tertiary/aromatic N) is 1. The summed E-state index contributed by atoms with van der Waals surface area (Å²) in [7, 11) is 0. The van der Waals surface area contributed by atoms with E-state index in [1.807, 2.05) is 6.07 Å². The normalized spacial score (nSPS) is 15.6. The fourth-order valence-corrected chi connectivity index (χ4v) is 3.04. The summed E-state index contributed by atoms with van der Waals surface area (Å²) in [6.07, 6.45) is 3.17. The van der Waals surface area contributed by atoms with Gasteiger partial charge in [-0.15, -0.1) is 0 Å². The highest BCUT2D eigenvalue weighted by molar-refractivity contribution is 5.55. The number of halogens is 1. The quantitative estimate of drug-likeness (QED) is 0.928. The monoisotopic (exact) mass is 284 g/mol. The molecule has 21 heavy (non-hydrogen) atoms. The van der Waals surface area contributed by atoms with Crippen molar-refractivity contribution in [1.29, 1.82) is 0 Å². The van der Waals surface area contributed by atoms with Crippen LogP contribution >= 0.6 is 0 Å². The van der Waals surface area contributed by atoms with Crippen LogP contribution < -0.4 is 10.6 Å². The van der Waals surface area contributed by atoms with Crippen molar-refractivity contribution >= 4 is 5.69 Å². The van der Waals surface area contributed by atoms with Gasteiger partial charge in [0.1, 0.15) is 5.82 Å². The average molecular weight is 284 g/mol. The first-order valence-corrected chi connectivity index (χ1v) is 7.58. The van der Waals surface area contributed by atoms with Gasteiger partial charge in [0, 0.05) is 24.8 Å². The van der Waals surface area contributed by atoms with E-state index >= 15 is 0 Å². The second-order valence-electron chi connectivity index (χ2n) is 5.67. The van der Waals surface area contributed by atoms with E-state index in [-0.39, 0.29) is 11.9 Å². The SMILES string of the molecule is NC(CCN1CCCc2ccccc21)c1cccc(F)c1. The number of hydrogen-bond donors (Lipinski definition) is 1. The maximum atomic E-state index is 13.3. The highest BCUT2D eigenvalue weighted by atomic mass is 19.1. The number of rotatable bonds is 4. The predicted octanol–water partition coefficient (Wildman–Crippen LogP) is 3.67. The van der Waals surface area contributed by atoms with Crippen LogP contribution in [0, 0.1) is 5.82 Å². The lowest BCUT2D eigenvalue weighted by Gasteiger charge is -2.32. The smallest absolute Gasteiger partial charge is 0.123 e. The number of fused-ring (bicyclic) bond motifs is 1. The number of nitrogens with two attached hydrogens (primary N) is 1. The van der Waals surface area contributed by atoms with E-state index in [4.69, 9.17) is 5.73 Å². The molecule has 1 heterocycles. The van der Waals surface area contributed by atoms with Crippen LogP contribution in [0.15, 0.2) is 48.5 Å². The second kappa shape index (κ2) is 6.27. The summed E-state index contributed by atoms with van der Waals surface area (Å²) in [5.74, 6) is -0.216. The van der Waals surface area contributed by atoms with Crippen LogP contribution in [0.25, 0.3) is 0 Å². The average Bonchev–Trinajstić information content (AvgIpc) is 2.52. The summed E-state index contributed by atoms with van der Waals surface area (Å²) >= 11 is 0. The summed E-state index contributed by atoms with van der Waals surface area (Å²) < 4.78 is 13.3. The minimum Gasteiger partial charge on any atom is -0.371 e. The Bertz CT molecular complexity index is 612. The van der Waals surface area contributed by atoms with E-state index in [0.29, 0.717) is 0 Å². The molecule has 110 valence electrons. The molecule has 0 saturated heterocycles. The van der Waals surface area contributed by atoms with Gasteiger partial charge in [0.15, 0.2) is 0 Å². The number of hydrogen-bond acceptors (Lipinski definition) is 2. The van der Waals surface area contributed by atoms with Gasteiger partial charge in [0.2, 0.25) is 0 Å². The van der Waals surface area contributed by atoms with Crippen LogP contribution in [0.4, 0.5) is 10.1 Å². The molecule has 0 aromatic heterocycles. The molecule has 1 aliphatic rings. The van der Waals surface area contributed by atoms with Crippen LogP contribution in [-0.4, -0.2) is 13.1 Å². The Hall–Kier alpha value is -1.87. The van der Waals surface area contributed by atoms with Gasteiger partial charge in [0.05, 0.1) is 0 Å². The molecule has 3 heteroatoms. The maximum Gasteiger partial charge on any atom is 0.123 e. The highest BCUT2D eigenvalue weighted by Crippen LogP contribution is 2.27. The molecule has 1 aliphatic heterocycles. The molecule has 2 N–H and O–H groups in total. The lowest BCUT2D eigenvalue weighted by Crippen LogP contribution is -2.32. The lowest BCUT2D eigenvalue weighted by atomic mass is 10.00. The Morgan fingerprint density at radius 3 is 2.86 bits per heavy atom. The summed E-state index contributed by atoms with van der Waals surface area (Å²) in [6.45, 7) is 1.99. The van der Waals surface area contributed by atoms with Crippen LogP contribution in [0.2, 0.25) is 0 Å². The fourth-order valence-electron chi connectivity index (χ4n) is 3.04. The Kier molecular flexibility index (Phi) is 4.20. The van der Waals surface area contributed by atoms with E-state index < -0.39 is 0 Å². The lowest BCUT2D eigenvalue weighted by molar-refractivity contribution is 0.591. The highest BCUT2D eigenvalue weighted by Gasteiger charge is 2.17. The summed E-state index contributed by atoms with van der Waals surface area (Å²) in [6, 6.07) is 15.1. The maximum absolute atomic E-state index is 13.3. The van der Waals surface area contributed by atoms with Gasteiger partial charge in [0.25, 0.3) is 0 Å². The van der Waals surface area contributed by atoms with E-state index in [2.05, 4.69) is 29.2 Å². The molecule has 2 nitrogen and oxygen atoms in total. The zero-order valence-corrected chi connectivity index (χ0v) is 12.1. The van der Waals surface area contributed by atoms with E-state index in [1.165, 1.54) is 29.8 Å². The van der Waals surface area contributed by atoms with Gasteiger partial charge in [-0.3, -0.25) is 0 Å². The molecule has 2 aromatic rings. The minimum atomic E-state index is -0.216. The zero-order valence-electron chi connectivity index (χ0n) is 12.1. The van der Waals surface area contributed by atoms with Gasteiger partial charge in [-0.25, -0.2) is 4.39 Å². The predicted molar refractivity (Wildman–Crippen MR) is 84.9 cm³/mol. The van der Waals surface area contributed by atoms with Crippen LogP contribution in [0.5, 0.6) is 0 Å². The number of anilines is 1. The third-order valence-corrected chi connectivity index (χ3v) is 4.19. The largest absolute Gasteiger partial charge is 0.371 e. The molecule has 1 atom stereocenters. The molecule has 0 amide bonds. The van der Waals surface area contributed by atoms with Crippen molar-refractivity contribution < 1.29 is 4.39 Å². The number of para-hydroxylation sites is 1. The molecule has 0 bridgehead atoms. The number of benzene rings is 2. The molecule has 0 aliphatic carbocycles. The Labute approximate surface area is 125 Å². The first-order chi connectivity index (χ1) is 10.2. The Morgan fingerprint density at radius 2 is 2.00 bits per heavy atom. The molecule has 0 spiro atoms. The fraction of sp³-hybridized carbons (Fsp3) is 0.333. The van der Waals surface area contributed by atoms with E-state index in [0.717, 1.165) is 31.5 Å². The van der Waals surface area contributed by atoms with Crippen molar-refractivity contribution in [1.82, 2.24) is 0 Å². The Balaban J connectivity index is 1.66. The molecule has 0 radical (unpaired) electrons. The second-order valence-corrected chi connectivity index (χ2v) is 5.67. The van der Waals surface area contributed by atoms with Crippen molar-refractivity contribution in [3.63, 3.8) is 0 Å². The van der Waals surface area contributed by atoms with Crippen molar-refractivity contribution in [2.24, 2.45) is 5.73 Å². The molecular weight excluding hydrogens is 263 g/mol. The van der Waals surface area contributed by atoms with Gasteiger partial charge >= 0.3 is 0 Å². The summed E-state index contributed by atoms with van der Waals surface area (Å²) in [5, 5.41) is 0.